The first-order chi connectivity index (χ1) is 18.1. The molecule has 0 amide bonds. The van der Waals surface area contributed by atoms with E-state index in [4.69, 9.17) is 30.7 Å². The third-order valence-electron chi connectivity index (χ3n) is 5.66. The zero-order valence-corrected chi connectivity index (χ0v) is 22.7. The number of nitrogens with one attached hydrogen (secondary N) is 1. The standard InChI is InChI=1S/C23H27F4N2O8PS/c1-13(2)35-19(31)14(3)12-38(33,37-15-7-5-4-6-8-15)34-11-16-18(30)22(24,23(25,26)27)20(36-16)29-10-9-17(39)28-21(29)32/h4-10,13-14,16,18,20,30H,11-12H2,1-3H3,(H,28,32,39)/t14-,16-,18+,20-,22?,38?/m1/s1. The topological polar surface area (TPSA) is 129 Å². The number of hydrogen-bond donors (Lipinski definition) is 2. The minimum Gasteiger partial charge on any atom is -0.463 e. The molecule has 0 saturated carbocycles. The van der Waals surface area contributed by atoms with E-state index in [1.54, 1.807) is 32.0 Å². The van der Waals surface area contributed by atoms with E-state index < -0.39 is 74.3 Å². The van der Waals surface area contributed by atoms with Crippen LogP contribution in [-0.2, 0) is 23.4 Å². The van der Waals surface area contributed by atoms with Crippen LogP contribution >= 0.6 is 19.8 Å². The van der Waals surface area contributed by atoms with Crippen LogP contribution in [0.2, 0.25) is 0 Å². The summed E-state index contributed by atoms with van der Waals surface area (Å²) < 4.78 is 92.2. The average molecular weight is 599 g/mol. The molecule has 1 aliphatic rings. The van der Waals surface area contributed by atoms with Crippen molar-refractivity contribution in [2.24, 2.45) is 5.92 Å². The number of aliphatic hydroxyl groups excluding tert-OH is 1. The molecule has 2 heterocycles. The van der Waals surface area contributed by atoms with E-state index in [0.29, 0.717) is 0 Å². The SMILES string of the molecule is CC(C)OC(=O)[C@H](C)CP(=O)(OC[C@H]1O[C@@H](n2ccc(=S)[nH]c2=O)C(F)(C(F)(F)F)[C@H]1O)Oc1ccccc1. The van der Waals surface area contributed by atoms with Gasteiger partial charge in [0.05, 0.1) is 24.8 Å². The molecule has 2 aromatic rings. The molecule has 216 valence electrons. The van der Waals surface area contributed by atoms with Gasteiger partial charge in [0.25, 0.3) is 5.67 Å². The highest BCUT2D eigenvalue weighted by Gasteiger charge is 2.73. The van der Waals surface area contributed by atoms with E-state index in [2.05, 4.69) is 4.98 Å². The Bertz CT molecular complexity index is 1320. The van der Waals surface area contributed by atoms with E-state index in [1.807, 2.05) is 0 Å². The number of hydrogen-bond acceptors (Lipinski definition) is 9. The number of nitrogens with zero attached hydrogens (tertiary/aromatic N) is 1. The Morgan fingerprint density at radius 3 is 2.46 bits per heavy atom. The summed E-state index contributed by atoms with van der Waals surface area (Å²) in [5.74, 6) is -1.72. The van der Waals surface area contributed by atoms with Gasteiger partial charge in [-0.25, -0.2) is 13.8 Å². The number of H-pyrrole nitrogens is 1. The maximum atomic E-state index is 15.6. The zero-order chi connectivity index (χ0) is 29.2. The van der Waals surface area contributed by atoms with Crippen LogP contribution in [0.15, 0.2) is 47.4 Å². The van der Waals surface area contributed by atoms with Crippen LogP contribution in [-0.4, -0.2) is 63.6 Å². The quantitative estimate of drug-likeness (QED) is 0.178. The number of aromatic nitrogens is 2. The monoisotopic (exact) mass is 598 g/mol. The minimum absolute atomic E-state index is 0.0530. The van der Waals surface area contributed by atoms with E-state index in [9.17, 15) is 32.4 Å². The number of aliphatic hydroxyl groups is 1. The van der Waals surface area contributed by atoms with Crippen molar-refractivity contribution < 1.29 is 50.5 Å². The van der Waals surface area contributed by atoms with Crippen LogP contribution in [0.3, 0.4) is 0 Å². The first-order valence-electron chi connectivity index (χ1n) is 11.7. The van der Waals surface area contributed by atoms with Gasteiger partial charge < -0.3 is 19.1 Å². The molecule has 2 N–H and O–H groups in total. The maximum absolute atomic E-state index is 15.6. The molecular formula is C23H27F4N2O8PS. The summed E-state index contributed by atoms with van der Waals surface area (Å²) in [6, 6.07) is 8.62. The summed E-state index contributed by atoms with van der Waals surface area (Å²) >= 11 is 4.75. The number of alkyl halides is 4. The van der Waals surface area contributed by atoms with Crippen LogP contribution in [0, 0.1) is 10.6 Å². The van der Waals surface area contributed by atoms with Gasteiger partial charge in [0.15, 0.2) is 6.23 Å². The van der Waals surface area contributed by atoms with E-state index in [0.717, 1.165) is 12.3 Å². The number of ether oxygens (including phenoxy) is 2. The minimum atomic E-state index is -5.70. The zero-order valence-electron chi connectivity index (χ0n) is 21.0. The molecule has 6 atom stereocenters. The first kappa shape index (κ1) is 31.0. The lowest BCUT2D eigenvalue weighted by atomic mass is 9.95. The molecule has 10 nitrogen and oxygen atoms in total. The lowest BCUT2D eigenvalue weighted by molar-refractivity contribution is -0.274. The van der Waals surface area contributed by atoms with Gasteiger partial charge in [0.1, 0.15) is 22.6 Å². The van der Waals surface area contributed by atoms with Crippen molar-refractivity contribution in [2.45, 2.75) is 57.2 Å². The Hall–Kier alpha value is -2.58. The fraction of sp³-hybridized carbons (Fsp3) is 0.522. The number of carbonyl (C=O) groups is 1. The molecule has 39 heavy (non-hydrogen) atoms. The number of benzene rings is 1. The molecule has 3 rings (SSSR count). The normalized spacial score (nSPS) is 25.7. The summed E-state index contributed by atoms with van der Waals surface area (Å²) in [6.07, 6.45) is -13.6. The number of aromatic amines is 1. The van der Waals surface area contributed by atoms with Crippen molar-refractivity contribution in [1.29, 1.82) is 0 Å². The van der Waals surface area contributed by atoms with Gasteiger partial charge >= 0.3 is 25.4 Å². The van der Waals surface area contributed by atoms with Crippen molar-refractivity contribution in [2.75, 3.05) is 12.8 Å². The third kappa shape index (κ3) is 6.95. The Balaban J connectivity index is 1.90. The Kier molecular flexibility index (Phi) is 9.43. The number of para-hydroxylation sites is 1. The van der Waals surface area contributed by atoms with E-state index in [-0.39, 0.29) is 15.0 Å². The molecule has 0 radical (unpaired) electrons. The number of carbonyl (C=O) groups excluding carboxylic acids is 1. The number of rotatable bonds is 10. The lowest BCUT2D eigenvalue weighted by Gasteiger charge is -2.31. The van der Waals surface area contributed by atoms with Gasteiger partial charge in [0.2, 0.25) is 0 Å². The second-order valence-corrected chi connectivity index (χ2v) is 11.6. The summed E-state index contributed by atoms with van der Waals surface area (Å²) in [6.45, 7) is 3.54. The summed E-state index contributed by atoms with van der Waals surface area (Å²) in [5, 5.41) is 10.4. The van der Waals surface area contributed by atoms with Crippen LogP contribution in [0.1, 0.15) is 27.0 Å². The van der Waals surface area contributed by atoms with Crippen molar-refractivity contribution in [3.05, 3.63) is 57.7 Å². The molecule has 1 aromatic heterocycles. The summed E-state index contributed by atoms with van der Waals surface area (Å²) in [4.78, 5) is 26.6. The van der Waals surface area contributed by atoms with Gasteiger partial charge in [-0.15, -0.1) is 0 Å². The van der Waals surface area contributed by atoms with Crippen LogP contribution in [0.25, 0.3) is 0 Å². The van der Waals surface area contributed by atoms with E-state index in [1.165, 1.54) is 19.1 Å². The van der Waals surface area contributed by atoms with Crippen LogP contribution in [0.5, 0.6) is 5.75 Å². The van der Waals surface area contributed by atoms with E-state index >= 15 is 4.39 Å². The molecule has 1 saturated heterocycles. The predicted molar refractivity (Wildman–Crippen MR) is 132 cm³/mol. The van der Waals surface area contributed by atoms with Crippen LogP contribution < -0.4 is 10.2 Å². The maximum Gasteiger partial charge on any atom is 0.429 e. The highest BCUT2D eigenvalue weighted by atomic mass is 32.1. The molecule has 1 aromatic carbocycles. The number of esters is 1. The molecule has 0 bridgehead atoms. The lowest BCUT2D eigenvalue weighted by Crippen LogP contribution is -2.55. The van der Waals surface area contributed by atoms with Gasteiger partial charge in [0, 0.05) is 6.20 Å². The highest BCUT2D eigenvalue weighted by Crippen LogP contribution is 2.54. The van der Waals surface area contributed by atoms with Crippen molar-refractivity contribution >= 4 is 25.8 Å². The average Bonchev–Trinajstić information content (AvgIpc) is 3.09. The highest BCUT2D eigenvalue weighted by molar-refractivity contribution is 7.71. The van der Waals surface area contributed by atoms with Crippen molar-refractivity contribution in [1.82, 2.24) is 9.55 Å². The first-order valence-corrected chi connectivity index (χ1v) is 13.8. The number of halogens is 4. The van der Waals surface area contributed by atoms with Gasteiger partial charge in [-0.05, 0) is 32.0 Å². The van der Waals surface area contributed by atoms with Crippen LogP contribution in [0.4, 0.5) is 17.6 Å². The Morgan fingerprint density at radius 2 is 1.90 bits per heavy atom. The van der Waals surface area contributed by atoms with Crippen molar-refractivity contribution in [3.8, 4) is 5.75 Å². The molecular weight excluding hydrogens is 571 g/mol. The molecule has 0 spiro atoms. The van der Waals surface area contributed by atoms with Gasteiger partial charge in [-0.1, -0.05) is 37.3 Å². The van der Waals surface area contributed by atoms with Gasteiger partial charge in [-0.3, -0.25) is 18.9 Å². The molecule has 2 unspecified atom stereocenters. The fourth-order valence-electron chi connectivity index (χ4n) is 3.78. The smallest absolute Gasteiger partial charge is 0.429 e. The second-order valence-electron chi connectivity index (χ2n) is 9.14. The Morgan fingerprint density at radius 1 is 1.26 bits per heavy atom. The molecule has 1 aliphatic heterocycles. The largest absolute Gasteiger partial charge is 0.463 e. The summed E-state index contributed by atoms with van der Waals surface area (Å²) in [7, 11) is -4.35. The third-order valence-corrected chi connectivity index (χ3v) is 7.92. The van der Waals surface area contributed by atoms with Crippen molar-refractivity contribution in [3.63, 3.8) is 0 Å². The molecule has 0 aliphatic carbocycles. The second kappa shape index (κ2) is 11.9. The molecule has 16 heteroatoms. The Labute approximate surface area is 225 Å². The fourth-order valence-corrected chi connectivity index (χ4v) is 5.80. The molecule has 1 fully saturated rings. The predicted octanol–water partition coefficient (Wildman–Crippen LogP) is 4.31. The summed E-state index contributed by atoms with van der Waals surface area (Å²) in [5.41, 5.74) is -5.68. The van der Waals surface area contributed by atoms with Gasteiger partial charge in [-0.2, -0.15) is 13.2 Å².